The monoisotopic (exact) mass is 272 g/mol. The molecule has 4 nitrogen and oxygen atoms in total. The van der Waals surface area contributed by atoms with Gasteiger partial charge in [-0.1, -0.05) is 25.6 Å². The number of thioether (sulfide) groups is 1. The van der Waals surface area contributed by atoms with Crippen molar-refractivity contribution in [2.24, 2.45) is 0 Å². The number of nitrogens with zero attached hydrogens (tertiary/aromatic N) is 2. The van der Waals surface area contributed by atoms with E-state index in [-0.39, 0.29) is 16.3 Å². The highest BCUT2D eigenvalue weighted by Crippen LogP contribution is 2.24. The molecule has 1 unspecified atom stereocenters. The molecule has 1 aliphatic rings. The second-order valence-corrected chi connectivity index (χ2v) is 6.13. The maximum absolute atomic E-state index is 11.8. The SMILES string of the molecule is CCN(CC)CCCN1CC(SC(C)=O)CC1=O. The van der Waals surface area contributed by atoms with Crippen molar-refractivity contribution < 1.29 is 9.59 Å². The molecule has 0 radical (unpaired) electrons. The van der Waals surface area contributed by atoms with E-state index in [1.165, 1.54) is 11.8 Å². The van der Waals surface area contributed by atoms with Crippen LogP contribution in [0.4, 0.5) is 0 Å². The average Bonchev–Trinajstić information content (AvgIpc) is 2.64. The molecule has 0 aromatic heterocycles. The molecule has 0 saturated carbocycles. The number of carbonyl (C=O) groups excluding carboxylic acids is 2. The number of rotatable bonds is 7. The van der Waals surface area contributed by atoms with E-state index < -0.39 is 0 Å². The molecule has 0 aromatic rings. The van der Waals surface area contributed by atoms with Gasteiger partial charge in [0.2, 0.25) is 5.91 Å². The van der Waals surface area contributed by atoms with Crippen LogP contribution < -0.4 is 0 Å². The van der Waals surface area contributed by atoms with Gasteiger partial charge in [0.05, 0.1) is 0 Å². The van der Waals surface area contributed by atoms with Crippen LogP contribution in [-0.2, 0) is 9.59 Å². The Balaban J connectivity index is 2.26. The van der Waals surface area contributed by atoms with Gasteiger partial charge in [0.15, 0.2) is 5.12 Å². The van der Waals surface area contributed by atoms with Crippen LogP contribution in [0.25, 0.3) is 0 Å². The highest BCUT2D eigenvalue weighted by Gasteiger charge is 2.30. The van der Waals surface area contributed by atoms with E-state index in [0.29, 0.717) is 6.42 Å². The lowest BCUT2D eigenvalue weighted by atomic mass is 10.3. The first-order chi connectivity index (χ1) is 8.56. The molecule has 1 atom stereocenters. The van der Waals surface area contributed by atoms with Crippen LogP contribution in [0.5, 0.6) is 0 Å². The summed E-state index contributed by atoms with van der Waals surface area (Å²) < 4.78 is 0. The number of hydrogen-bond donors (Lipinski definition) is 0. The maximum Gasteiger partial charge on any atom is 0.223 e. The van der Waals surface area contributed by atoms with Gasteiger partial charge < -0.3 is 9.80 Å². The lowest BCUT2D eigenvalue weighted by Gasteiger charge is -2.21. The van der Waals surface area contributed by atoms with Crippen molar-refractivity contribution in [3.8, 4) is 0 Å². The molecule has 104 valence electrons. The molecule has 0 spiro atoms. The minimum absolute atomic E-state index is 0.109. The number of hydrogen-bond acceptors (Lipinski definition) is 4. The predicted octanol–water partition coefficient (Wildman–Crippen LogP) is 1.60. The molecule has 0 aromatic carbocycles. The van der Waals surface area contributed by atoms with Gasteiger partial charge in [-0.3, -0.25) is 9.59 Å². The van der Waals surface area contributed by atoms with Gasteiger partial charge in [-0.25, -0.2) is 0 Å². The van der Waals surface area contributed by atoms with Crippen molar-refractivity contribution in [1.82, 2.24) is 9.80 Å². The molecule has 0 aliphatic carbocycles. The van der Waals surface area contributed by atoms with Crippen molar-refractivity contribution in [3.05, 3.63) is 0 Å². The van der Waals surface area contributed by atoms with Crippen molar-refractivity contribution in [2.75, 3.05) is 32.7 Å². The first-order valence-corrected chi connectivity index (χ1v) is 7.62. The summed E-state index contributed by atoms with van der Waals surface area (Å²) in [6.07, 6.45) is 1.54. The van der Waals surface area contributed by atoms with Crippen molar-refractivity contribution in [3.63, 3.8) is 0 Å². The summed E-state index contributed by atoms with van der Waals surface area (Å²) in [7, 11) is 0. The van der Waals surface area contributed by atoms with Crippen LogP contribution in [0.1, 0.15) is 33.6 Å². The third kappa shape index (κ3) is 4.98. The van der Waals surface area contributed by atoms with E-state index in [4.69, 9.17) is 0 Å². The topological polar surface area (TPSA) is 40.6 Å². The number of likely N-dealkylation sites (tertiary alicyclic amines) is 1. The van der Waals surface area contributed by atoms with Gasteiger partial charge in [0.1, 0.15) is 0 Å². The van der Waals surface area contributed by atoms with Crippen LogP contribution in [0.3, 0.4) is 0 Å². The second kappa shape index (κ2) is 7.79. The third-order valence-corrected chi connectivity index (χ3v) is 4.29. The average molecular weight is 272 g/mol. The first kappa shape index (κ1) is 15.5. The van der Waals surface area contributed by atoms with Gasteiger partial charge in [-0.2, -0.15) is 0 Å². The van der Waals surface area contributed by atoms with Crippen molar-refractivity contribution in [1.29, 1.82) is 0 Å². The normalized spacial score (nSPS) is 19.9. The van der Waals surface area contributed by atoms with Gasteiger partial charge in [-0.15, -0.1) is 0 Å². The Bertz CT molecular complexity index is 293. The van der Waals surface area contributed by atoms with Gasteiger partial charge in [0, 0.05) is 31.7 Å². The Morgan fingerprint density at radius 2 is 2.11 bits per heavy atom. The van der Waals surface area contributed by atoms with E-state index >= 15 is 0 Å². The Morgan fingerprint density at radius 1 is 1.44 bits per heavy atom. The van der Waals surface area contributed by atoms with E-state index in [0.717, 1.165) is 39.1 Å². The number of amides is 1. The molecule has 1 heterocycles. The van der Waals surface area contributed by atoms with Crippen molar-refractivity contribution in [2.45, 2.75) is 38.9 Å². The predicted molar refractivity (Wildman–Crippen MR) is 75.7 cm³/mol. The lowest BCUT2D eigenvalue weighted by Crippen LogP contribution is -2.31. The van der Waals surface area contributed by atoms with Crippen molar-refractivity contribution >= 4 is 22.8 Å². The Labute approximate surface area is 114 Å². The number of carbonyl (C=O) groups is 2. The zero-order chi connectivity index (χ0) is 13.5. The molecule has 5 heteroatoms. The fourth-order valence-corrected chi connectivity index (χ4v) is 3.24. The summed E-state index contributed by atoms with van der Waals surface area (Å²) in [4.78, 5) is 27.1. The van der Waals surface area contributed by atoms with E-state index in [9.17, 15) is 9.59 Å². The highest BCUT2D eigenvalue weighted by atomic mass is 32.2. The molecule has 0 N–H and O–H groups in total. The Hall–Kier alpha value is -0.550. The molecule has 1 aliphatic heterocycles. The standard InChI is InChI=1S/C13H24N2O2S/c1-4-14(5-2)7-6-8-15-10-12(9-13(15)17)18-11(3)16/h12H,4-10H2,1-3H3. The largest absolute Gasteiger partial charge is 0.341 e. The summed E-state index contributed by atoms with van der Waals surface area (Å²) >= 11 is 1.31. The third-order valence-electron chi connectivity index (χ3n) is 3.31. The van der Waals surface area contributed by atoms with Crippen LogP contribution >= 0.6 is 11.8 Å². The summed E-state index contributed by atoms with van der Waals surface area (Å²) in [6.45, 7) is 10.6. The summed E-state index contributed by atoms with van der Waals surface area (Å²) in [5, 5.41) is 0.279. The summed E-state index contributed by atoms with van der Waals surface area (Å²) in [6, 6.07) is 0. The van der Waals surface area contributed by atoms with Crippen LogP contribution in [0.15, 0.2) is 0 Å². The zero-order valence-corrected chi connectivity index (χ0v) is 12.5. The minimum Gasteiger partial charge on any atom is -0.341 e. The van der Waals surface area contributed by atoms with E-state index in [1.807, 2.05) is 4.90 Å². The fraction of sp³-hybridized carbons (Fsp3) is 0.846. The molecule has 1 fully saturated rings. The Kier molecular flexibility index (Phi) is 6.71. The molecule has 1 rings (SSSR count). The first-order valence-electron chi connectivity index (χ1n) is 6.74. The zero-order valence-electron chi connectivity index (χ0n) is 11.6. The van der Waals surface area contributed by atoms with E-state index in [2.05, 4.69) is 18.7 Å². The Morgan fingerprint density at radius 3 is 2.67 bits per heavy atom. The van der Waals surface area contributed by atoms with Gasteiger partial charge in [-0.05, 0) is 26.1 Å². The quantitative estimate of drug-likeness (QED) is 0.706. The summed E-state index contributed by atoms with van der Waals surface area (Å²) in [5.41, 5.74) is 0. The molecule has 1 saturated heterocycles. The molecule has 0 bridgehead atoms. The fourth-order valence-electron chi connectivity index (χ4n) is 2.29. The minimum atomic E-state index is 0.109. The highest BCUT2D eigenvalue weighted by molar-refractivity contribution is 8.14. The second-order valence-electron chi connectivity index (χ2n) is 4.66. The molecule has 18 heavy (non-hydrogen) atoms. The summed E-state index contributed by atoms with van der Waals surface area (Å²) in [5.74, 6) is 0.202. The van der Waals surface area contributed by atoms with Crippen LogP contribution in [-0.4, -0.2) is 58.8 Å². The van der Waals surface area contributed by atoms with Gasteiger partial charge >= 0.3 is 0 Å². The van der Waals surface area contributed by atoms with Crippen LogP contribution in [0, 0.1) is 0 Å². The molecular weight excluding hydrogens is 248 g/mol. The smallest absolute Gasteiger partial charge is 0.223 e. The van der Waals surface area contributed by atoms with Gasteiger partial charge in [0.25, 0.3) is 0 Å². The van der Waals surface area contributed by atoms with E-state index in [1.54, 1.807) is 6.92 Å². The molecular formula is C13H24N2O2S. The maximum atomic E-state index is 11.8. The molecule has 1 amide bonds. The van der Waals surface area contributed by atoms with Crippen LogP contribution in [0.2, 0.25) is 0 Å². The lowest BCUT2D eigenvalue weighted by molar-refractivity contribution is -0.127.